The van der Waals surface area contributed by atoms with Crippen LogP contribution < -0.4 is 9.92 Å². The Balaban J connectivity index is 3.87. The van der Waals surface area contributed by atoms with E-state index in [1.54, 1.807) is 7.11 Å². The lowest BCUT2D eigenvalue weighted by Crippen LogP contribution is -2.62. The standard InChI is InChI=1S/C34H64O4Si/c1-24(2)18-30(19-25(3)4)36-39(34-17-15-14-16-33(34)35-13,37-31(20-26(5)6)21-27(7)8)38-32(22-28(9)10)23-29(11)12/h14-17,24-32H,18-23H2,1-13H3. The zero-order valence-corrected chi connectivity index (χ0v) is 28.9. The number of benzene rings is 1. The van der Waals surface area contributed by atoms with Gasteiger partial charge in [-0.2, -0.15) is 0 Å². The Morgan fingerprint density at radius 2 is 0.769 bits per heavy atom. The number of hydrogen-bond donors (Lipinski definition) is 0. The maximum Gasteiger partial charge on any atom is 0.541 e. The van der Waals surface area contributed by atoms with Gasteiger partial charge in [0, 0.05) is 0 Å². The summed E-state index contributed by atoms with van der Waals surface area (Å²) in [6, 6.07) is 8.28. The first-order valence-electron chi connectivity index (χ1n) is 15.8. The van der Waals surface area contributed by atoms with Gasteiger partial charge in [-0.1, -0.05) is 101 Å². The SMILES string of the molecule is COc1ccccc1[Si](OC(CC(C)C)CC(C)C)(OC(CC(C)C)CC(C)C)OC(CC(C)C)CC(C)C. The van der Waals surface area contributed by atoms with Gasteiger partial charge >= 0.3 is 8.80 Å². The predicted molar refractivity (Wildman–Crippen MR) is 170 cm³/mol. The van der Waals surface area contributed by atoms with Gasteiger partial charge in [0.2, 0.25) is 0 Å². The molecule has 4 nitrogen and oxygen atoms in total. The fraction of sp³-hybridized carbons (Fsp3) is 0.824. The first-order chi connectivity index (χ1) is 18.2. The Hall–Kier alpha value is -0.883. The monoisotopic (exact) mass is 564 g/mol. The van der Waals surface area contributed by atoms with Crippen molar-refractivity contribution in [3.63, 3.8) is 0 Å². The van der Waals surface area contributed by atoms with Gasteiger partial charge in [-0.05, 0) is 80.1 Å². The van der Waals surface area contributed by atoms with Gasteiger partial charge in [-0.15, -0.1) is 0 Å². The normalized spacial score (nSPS) is 13.2. The van der Waals surface area contributed by atoms with Gasteiger partial charge in [0.25, 0.3) is 0 Å². The summed E-state index contributed by atoms with van der Waals surface area (Å²) in [6.07, 6.45) is 6.04. The smallest absolute Gasteiger partial charge is 0.497 e. The maximum atomic E-state index is 7.39. The molecule has 0 atom stereocenters. The molecule has 0 spiro atoms. The first-order valence-corrected chi connectivity index (χ1v) is 17.6. The highest BCUT2D eigenvalue weighted by atomic mass is 28.4. The molecular formula is C34H64O4Si. The molecule has 0 aliphatic carbocycles. The molecule has 0 saturated heterocycles. The second-order valence-corrected chi connectivity index (χ2v) is 16.6. The molecule has 5 heteroatoms. The van der Waals surface area contributed by atoms with E-state index in [4.69, 9.17) is 18.0 Å². The van der Waals surface area contributed by atoms with Crippen LogP contribution >= 0.6 is 0 Å². The Labute approximate surface area is 244 Å². The van der Waals surface area contributed by atoms with Crippen molar-refractivity contribution in [2.45, 2.75) is 140 Å². The van der Waals surface area contributed by atoms with Crippen molar-refractivity contribution in [2.75, 3.05) is 7.11 Å². The van der Waals surface area contributed by atoms with E-state index in [2.05, 4.69) is 95.2 Å². The summed E-state index contributed by atoms with van der Waals surface area (Å²) >= 11 is 0. The summed E-state index contributed by atoms with van der Waals surface area (Å²) in [4.78, 5) is 0. The molecule has 0 saturated carbocycles. The summed E-state index contributed by atoms with van der Waals surface area (Å²) in [6.45, 7) is 27.4. The minimum atomic E-state index is -3.45. The average molecular weight is 565 g/mol. The van der Waals surface area contributed by atoms with Gasteiger partial charge in [-0.3, -0.25) is 0 Å². The summed E-state index contributed by atoms with van der Waals surface area (Å²) in [5.74, 6) is 3.90. The average Bonchev–Trinajstić information content (AvgIpc) is 2.76. The van der Waals surface area contributed by atoms with Crippen LogP contribution in [0.25, 0.3) is 0 Å². The number of ether oxygens (including phenoxy) is 1. The van der Waals surface area contributed by atoms with Crippen molar-refractivity contribution in [1.82, 2.24) is 0 Å². The third-order valence-corrected chi connectivity index (χ3v) is 9.81. The molecule has 0 aliphatic heterocycles. The van der Waals surface area contributed by atoms with Crippen LogP contribution in [0, 0.1) is 35.5 Å². The van der Waals surface area contributed by atoms with Gasteiger partial charge in [0.15, 0.2) is 0 Å². The Bertz CT molecular complexity index is 680. The largest absolute Gasteiger partial charge is 0.541 e. The summed E-state index contributed by atoms with van der Waals surface area (Å²) in [5, 5.41) is 0.972. The molecule has 0 N–H and O–H groups in total. The maximum absolute atomic E-state index is 7.39. The predicted octanol–water partition coefficient (Wildman–Crippen LogP) is 9.27. The van der Waals surface area contributed by atoms with E-state index in [1.165, 1.54) is 0 Å². The van der Waals surface area contributed by atoms with E-state index in [-0.39, 0.29) is 18.3 Å². The number of hydrogen-bond acceptors (Lipinski definition) is 4. The van der Waals surface area contributed by atoms with Gasteiger partial charge < -0.3 is 18.0 Å². The van der Waals surface area contributed by atoms with Gasteiger partial charge in [0.05, 0.1) is 30.6 Å². The molecule has 0 aliphatic rings. The van der Waals surface area contributed by atoms with E-state index < -0.39 is 8.80 Å². The third kappa shape index (κ3) is 14.0. The highest BCUT2D eigenvalue weighted by Gasteiger charge is 2.52. The van der Waals surface area contributed by atoms with E-state index in [0.717, 1.165) is 49.5 Å². The van der Waals surface area contributed by atoms with E-state index in [9.17, 15) is 0 Å². The van der Waals surface area contributed by atoms with Crippen LogP contribution in [0.1, 0.15) is 122 Å². The molecule has 0 radical (unpaired) electrons. The third-order valence-electron chi connectivity index (χ3n) is 6.81. The molecule has 1 rings (SSSR count). The van der Waals surface area contributed by atoms with Crippen molar-refractivity contribution in [3.05, 3.63) is 24.3 Å². The van der Waals surface area contributed by atoms with Gasteiger partial charge in [-0.25, -0.2) is 0 Å². The Kier molecular flexibility index (Phi) is 16.5. The summed E-state index contributed by atoms with van der Waals surface area (Å²) < 4.78 is 28.1. The lowest BCUT2D eigenvalue weighted by atomic mass is 9.98. The quantitative estimate of drug-likeness (QED) is 0.148. The van der Waals surface area contributed by atoms with Crippen molar-refractivity contribution in [2.24, 2.45) is 35.5 Å². The van der Waals surface area contributed by atoms with Crippen LogP contribution in [0.15, 0.2) is 24.3 Å². The van der Waals surface area contributed by atoms with Crippen molar-refractivity contribution in [3.8, 4) is 5.75 Å². The number of rotatable bonds is 20. The lowest BCUT2D eigenvalue weighted by Gasteiger charge is -2.41. The van der Waals surface area contributed by atoms with Gasteiger partial charge in [0.1, 0.15) is 5.75 Å². The molecule has 0 fully saturated rings. The lowest BCUT2D eigenvalue weighted by molar-refractivity contribution is -0.0331. The summed E-state index contributed by atoms with van der Waals surface area (Å²) in [7, 11) is -1.71. The van der Waals surface area contributed by atoms with E-state index >= 15 is 0 Å². The Morgan fingerprint density at radius 1 is 0.487 bits per heavy atom. The van der Waals surface area contributed by atoms with E-state index in [0.29, 0.717) is 35.5 Å². The number of methoxy groups -OCH3 is 1. The summed E-state index contributed by atoms with van der Waals surface area (Å²) in [5.41, 5.74) is 0. The minimum Gasteiger partial charge on any atom is -0.497 e. The molecule has 0 unspecified atom stereocenters. The van der Waals surface area contributed by atoms with Crippen LogP contribution in [0.2, 0.25) is 0 Å². The topological polar surface area (TPSA) is 36.9 Å². The second kappa shape index (κ2) is 17.8. The molecule has 0 aromatic heterocycles. The highest BCUT2D eigenvalue weighted by Crippen LogP contribution is 2.32. The first kappa shape index (κ1) is 36.1. The molecule has 1 aromatic carbocycles. The van der Waals surface area contributed by atoms with Crippen LogP contribution in [0.3, 0.4) is 0 Å². The fourth-order valence-electron chi connectivity index (χ4n) is 5.56. The van der Waals surface area contributed by atoms with Crippen LogP contribution in [-0.2, 0) is 13.3 Å². The second-order valence-electron chi connectivity index (χ2n) is 14.3. The number of para-hydroxylation sites is 1. The molecule has 228 valence electrons. The fourth-order valence-corrected chi connectivity index (χ4v) is 8.79. The van der Waals surface area contributed by atoms with Crippen molar-refractivity contribution in [1.29, 1.82) is 0 Å². The van der Waals surface area contributed by atoms with E-state index in [1.807, 2.05) is 12.1 Å². The van der Waals surface area contributed by atoms with Crippen molar-refractivity contribution < 1.29 is 18.0 Å². The highest BCUT2D eigenvalue weighted by molar-refractivity contribution is 6.76. The van der Waals surface area contributed by atoms with Crippen LogP contribution in [0.4, 0.5) is 0 Å². The molecule has 0 bridgehead atoms. The van der Waals surface area contributed by atoms with Crippen LogP contribution in [0.5, 0.6) is 5.75 Å². The zero-order valence-electron chi connectivity index (χ0n) is 27.9. The molecular weight excluding hydrogens is 500 g/mol. The molecule has 1 aromatic rings. The molecule has 0 heterocycles. The van der Waals surface area contributed by atoms with Crippen molar-refractivity contribution >= 4 is 14.0 Å². The molecule has 0 amide bonds. The molecule has 39 heavy (non-hydrogen) atoms. The Morgan fingerprint density at radius 3 is 1.03 bits per heavy atom. The van der Waals surface area contributed by atoms with Crippen LogP contribution in [-0.4, -0.2) is 34.2 Å². The minimum absolute atomic E-state index is 0.0547. The zero-order chi connectivity index (χ0) is 29.8.